The van der Waals surface area contributed by atoms with E-state index in [9.17, 15) is 4.79 Å². The molecule has 0 aromatic carbocycles. The minimum atomic E-state index is -0.203. The van der Waals surface area contributed by atoms with E-state index in [1.54, 1.807) is 0 Å². The van der Waals surface area contributed by atoms with Crippen LogP contribution in [0.5, 0.6) is 0 Å². The zero-order chi connectivity index (χ0) is 12.1. The van der Waals surface area contributed by atoms with Crippen molar-refractivity contribution in [3.05, 3.63) is 0 Å². The quantitative estimate of drug-likeness (QED) is 0.713. The predicted octanol–water partition coefficient (Wildman–Crippen LogP) is 1.33. The van der Waals surface area contributed by atoms with Crippen LogP contribution in [-0.2, 0) is 9.53 Å². The number of carbonyl (C=O) groups is 1. The van der Waals surface area contributed by atoms with Crippen LogP contribution in [0.2, 0.25) is 0 Å². The van der Waals surface area contributed by atoms with Gasteiger partial charge >= 0.3 is 0 Å². The molecule has 98 valence electrons. The molecule has 0 aromatic heterocycles. The second-order valence-electron chi connectivity index (χ2n) is 5.45. The highest BCUT2D eigenvalue weighted by Gasteiger charge is 2.39. The van der Waals surface area contributed by atoms with Crippen LogP contribution in [0.3, 0.4) is 0 Å². The molecule has 17 heavy (non-hydrogen) atoms. The number of ether oxygens (including phenoxy) is 1. The molecule has 1 unspecified atom stereocenters. The molecule has 1 heterocycles. The molecule has 2 aliphatic rings. The molecule has 4 heteroatoms. The Balaban J connectivity index is 1.68. The Morgan fingerprint density at radius 2 is 2.18 bits per heavy atom. The summed E-state index contributed by atoms with van der Waals surface area (Å²) in [6.07, 6.45) is 8.66. The first-order valence-electron chi connectivity index (χ1n) is 6.86. The van der Waals surface area contributed by atoms with Gasteiger partial charge < -0.3 is 15.8 Å². The topological polar surface area (TPSA) is 64.4 Å². The van der Waals surface area contributed by atoms with Gasteiger partial charge in [0, 0.05) is 19.1 Å². The highest BCUT2D eigenvalue weighted by atomic mass is 16.5. The van der Waals surface area contributed by atoms with E-state index in [-0.39, 0.29) is 11.5 Å². The van der Waals surface area contributed by atoms with Crippen molar-refractivity contribution in [2.75, 3.05) is 13.2 Å². The number of hydrogen-bond acceptors (Lipinski definition) is 3. The van der Waals surface area contributed by atoms with Crippen LogP contribution >= 0.6 is 0 Å². The van der Waals surface area contributed by atoms with Crippen molar-refractivity contribution in [3.8, 4) is 0 Å². The van der Waals surface area contributed by atoms with Gasteiger partial charge in [0.05, 0.1) is 5.60 Å². The van der Waals surface area contributed by atoms with Crippen LogP contribution in [0.25, 0.3) is 0 Å². The van der Waals surface area contributed by atoms with E-state index < -0.39 is 0 Å². The fourth-order valence-electron chi connectivity index (χ4n) is 3.14. The molecule has 1 saturated carbocycles. The van der Waals surface area contributed by atoms with Gasteiger partial charge in [0.1, 0.15) is 0 Å². The lowest BCUT2D eigenvalue weighted by atomic mass is 9.89. The van der Waals surface area contributed by atoms with E-state index in [0.717, 1.165) is 32.4 Å². The lowest BCUT2D eigenvalue weighted by Gasteiger charge is -2.38. The Kier molecular flexibility index (Phi) is 4.40. The molecule has 1 saturated heterocycles. The molecular formula is C13H24N2O2. The summed E-state index contributed by atoms with van der Waals surface area (Å²) in [4.78, 5) is 10.6. The first-order valence-corrected chi connectivity index (χ1v) is 6.86. The van der Waals surface area contributed by atoms with Crippen LogP contribution in [0.1, 0.15) is 51.4 Å². The lowest BCUT2D eigenvalue weighted by molar-refractivity contribution is -0.118. The van der Waals surface area contributed by atoms with Gasteiger partial charge in [0.25, 0.3) is 0 Å². The lowest BCUT2D eigenvalue weighted by Crippen LogP contribution is -2.45. The van der Waals surface area contributed by atoms with Gasteiger partial charge in [-0.25, -0.2) is 0 Å². The number of rotatable bonds is 5. The third kappa shape index (κ3) is 3.68. The molecule has 1 spiro atoms. The molecule has 0 aromatic rings. The number of carbonyl (C=O) groups excluding carboxylic acids is 1. The molecule has 0 bridgehead atoms. The third-order valence-corrected chi connectivity index (χ3v) is 4.04. The highest BCUT2D eigenvalue weighted by molar-refractivity contribution is 5.73. The number of primary amides is 1. The SMILES string of the molecule is NC(=O)CCCNC1CCOC2(CCCC2)C1. The van der Waals surface area contributed by atoms with E-state index in [2.05, 4.69) is 5.32 Å². The van der Waals surface area contributed by atoms with E-state index >= 15 is 0 Å². The summed E-state index contributed by atoms with van der Waals surface area (Å²) in [5.41, 5.74) is 5.30. The molecule has 2 fully saturated rings. The van der Waals surface area contributed by atoms with Crippen LogP contribution in [0.15, 0.2) is 0 Å². The minimum Gasteiger partial charge on any atom is -0.375 e. The standard InChI is InChI=1S/C13H24N2O2/c14-12(16)4-3-8-15-11-5-9-17-13(10-11)6-1-2-7-13/h11,15H,1-10H2,(H2,14,16). The van der Waals surface area contributed by atoms with E-state index in [1.165, 1.54) is 25.7 Å². The average Bonchev–Trinajstić information content (AvgIpc) is 2.73. The molecule has 0 radical (unpaired) electrons. The van der Waals surface area contributed by atoms with Crippen molar-refractivity contribution in [3.63, 3.8) is 0 Å². The fraction of sp³-hybridized carbons (Fsp3) is 0.923. The van der Waals surface area contributed by atoms with Gasteiger partial charge in [-0.2, -0.15) is 0 Å². The molecular weight excluding hydrogens is 216 g/mol. The molecule has 3 N–H and O–H groups in total. The summed E-state index contributed by atoms with van der Waals surface area (Å²) in [5.74, 6) is -0.203. The van der Waals surface area contributed by atoms with Crippen molar-refractivity contribution >= 4 is 5.91 Å². The molecule has 1 aliphatic heterocycles. The zero-order valence-electron chi connectivity index (χ0n) is 10.5. The van der Waals surface area contributed by atoms with E-state index in [1.807, 2.05) is 0 Å². The second kappa shape index (κ2) is 5.83. The first-order chi connectivity index (χ1) is 8.20. The van der Waals surface area contributed by atoms with Crippen LogP contribution < -0.4 is 11.1 Å². The molecule has 4 nitrogen and oxygen atoms in total. The van der Waals surface area contributed by atoms with Crippen molar-refractivity contribution < 1.29 is 9.53 Å². The average molecular weight is 240 g/mol. The molecule has 1 aliphatic carbocycles. The Morgan fingerprint density at radius 1 is 1.41 bits per heavy atom. The van der Waals surface area contributed by atoms with Gasteiger partial charge in [0.2, 0.25) is 5.91 Å². The number of nitrogens with one attached hydrogen (secondary N) is 1. The Morgan fingerprint density at radius 3 is 2.88 bits per heavy atom. The zero-order valence-corrected chi connectivity index (χ0v) is 10.5. The van der Waals surface area contributed by atoms with Crippen molar-refractivity contribution in [1.29, 1.82) is 0 Å². The molecule has 1 amide bonds. The van der Waals surface area contributed by atoms with E-state index in [0.29, 0.717) is 12.5 Å². The summed E-state index contributed by atoms with van der Waals surface area (Å²) in [6, 6.07) is 0.565. The van der Waals surface area contributed by atoms with Crippen LogP contribution in [-0.4, -0.2) is 30.7 Å². The smallest absolute Gasteiger partial charge is 0.217 e. The summed E-state index contributed by atoms with van der Waals surface area (Å²) in [5, 5.41) is 3.54. The number of hydrogen-bond donors (Lipinski definition) is 2. The third-order valence-electron chi connectivity index (χ3n) is 4.04. The Hall–Kier alpha value is -0.610. The van der Waals surface area contributed by atoms with Gasteiger partial charge in [-0.05, 0) is 38.6 Å². The highest BCUT2D eigenvalue weighted by Crippen LogP contribution is 2.39. The maximum atomic E-state index is 10.6. The van der Waals surface area contributed by atoms with E-state index in [4.69, 9.17) is 10.5 Å². The van der Waals surface area contributed by atoms with Crippen LogP contribution in [0.4, 0.5) is 0 Å². The largest absolute Gasteiger partial charge is 0.375 e. The maximum absolute atomic E-state index is 10.6. The van der Waals surface area contributed by atoms with Gasteiger partial charge in [-0.3, -0.25) is 4.79 Å². The van der Waals surface area contributed by atoms with Crippen LogP contribution in [0, 0.1) is 0 Å². The van der Waals surface area contributed by atoms with Gasteiger partial charge in [0.15, 0.2) is 0 Å². The molecule has 1 atom stereocenters. The maximum Gasteiger partial charge on any atom is 0.217 e. The second-order valence-corrected chi connectivity index (χ2v) is 5.45. The predicted molar refractivity (Wildman–Crippen MR) is 66.6 cm³/mol. The summed E-state index contributed by atoms with van der Waals surface area (Å²) in [7, 11) is 0. The Labute approximate surface area is 103 Å². The van der Waals surface area contributed by atoms with Crippen molar-refractivity contribution in [2.24, 2.45) is 5.73 Å². The first kappa shape index (κ1) is 12.8. The van der Waals surface area contributed by atoms with Crippen molar-refractivity contribution in [1.82, 2.24) is 5.32 Å². The Bertz CT molecular complexity index is 262. The van der Waals surface area contributed by atoms with Gasteiger partial charge in [-0.15, -0.1) is 0 Å². The summed E-state index contributed by atoms with van der Waals surface area (Å²) in [6.45, 7) is 1.77. The summed E-state index contributed by atoms with van der Waals surface area (Å²) < 4.78 is 5.99. The number of nitrogens with two attached hydrogens (primary N) is 1. The monoisotopic (exact) mass is 240 g/mol. The van der Waals surface area contributed by atoms with Gasteiger partial charge in [-0.1, -0.05) is 12.8 Å². The minimum absolute atomic E-state index is 0.180. The summed E-state index contributed by atoms with van der Waals surface area (Å²) >= 11 is 0. The fourth-order valence-corrected chi connectivity index (χ4v) is 3.14. The molecule has 2 rings (SSSR count). The normalized spacial score (nSPS) is 27.4. The number of amides is 1. The van der Waals surface area contributed by atoms with Crippen molar-refractivity contribution in [2.45, 2.75) is 63.0 Å².